The second-order valence-electron chi connectivity index (χ2n) is 3.39. The van der Waals surface area contributed by atoms with Gasteiger partial charge >= 0.3 is 5.97 Å². The normalized spacial score (nSPS) is 10.4. The van der Waals surface area contributed by atoms with Crippen LogP contribution in [0.3, 0.4) is 0 Å². The van der Waals surface area contributed by atoms with Crippen molar-refractivity contribution in [1.82, 2.24) is 9.78 Å². The van der Waals surface area contributed by atoms with Gasteiger partial charge in [-0.1, -0.05) is 0 Å². The Kier molecular flexibility index (Phi) is 2.44. The number of benzene rings is 1. The Morgan fingerprint density at radius 2 is 2.06 bits per heavy atom. The Morgan fingerprint density at radius 3 is 2.69 bits per heavy atom. The van der Waals surface area contributed by atoms with E-state index in [-0.39, 0.29) is 11.9 Å². The molecule has 0 aliphatic heterocycles. The molecule has 0 amide bonds. The minimum Gasteiger partial charge on any atom is -0.427 e. The summed E-state index contributed by atoms with van der Waals surface area (Å²) >= 11 is 0. The summed E-state index contributed by atoms with van der Waals surface area (Å²) in [6.45, 7) is 2.77. The summed E-state index contributed by atoms with van der Waals surface area (Å²) in [5.74, 6) is -0.0864. The number of hydrogen-bond acceptors (Lipinski definition) is 4. The molecule has 1 heterocycles. The van der Waals surface area contributed by atoms with Crippen molar-refractivity contribution in [3.63, 3.8) is 0 Å². The lowest BCUT2D eigenvalue weighted by atomic mass is 10.2. The Balaban J connectivity index is 2.49. The third-order valence-corrected chi connectivity index (χ3v) is 2.10. The van der Waals surface area contributed by atoms with Crippen LogP contribution in [-0.4, -0.2) is 21.7 Å². The lowest BCUT2D eigenvalue weighted by Gasteiger charge is -2.01. The highest BCUT2D eigenvalue weighted by molar-refractivity contribution is 5.90. The van der Waals surface area contributed by atoms with Crippen molar-refractivity contribution in [2.24, 2.45) is 0 Å². The van der Waals surface area contributed by atoms with Crippen LogP contribution in [0, 0.1) is 0 Å². The molecule has 5 heteroatoms. The molecule has 0 unspecified atom stereocenters. The first kappa shape index (κ1) is 10.4. The molecule has 5 nitrogen and oxygen atoms in total. The predicted octanol–water partition coefficient (Wildman–Crippen LogP) is 1.62. The van der Waals surface area contributed by atoms with Crippen LogP contribution in [0.4, 0.5) is 0 Å². The topological polar surface area (TPSA) is 61.2 Å². The molecule has 0 atom stereocenters. The highest BCUT2D eigenvalue weighted by atomic mass is 16.5. The van der Waals surface area contributed by atoms with Gasteiger partial charge in [-0.25, -0.2) is 4.68 Å². The van der Waals surface area contributed by atoms with E-state index in [1.807, 2.05) is 0 Å². The van der Waals surface area contributed by atoms with Gasteiger partial charge in [0.25, 0.3) is 0 Å². The summed E-state index contributed by atoms with van der Waals surface area (Å²) in [5, 5.41) is 4.70. The van der Waals surface area contributed by atoms with Crippen LogP contribution in [0.2, 0.25) is 0 Å². The van der Waals surface area contributed by atoms with E-state index in [1.165, 1.54) is 18.5 Å². The molecule has 16 heavy (non-hydrogen) atoms. The molecule has 2 aromatic rings. The molecule has 2 rings (SSSR count). The van der Waals surface area contributed by atoms with Crippen molar-refractivity contribution >= 4 is 22.8 Å². The number of esters is 1. The average Bonchev–Trinajstić information content (AvgIpc) is 2.59. The van der Waals surface area contributed by atoms with Gasteiger partial charge in [-0.2, -0.15) is 5.10 Å². The SMILES string of the molecule is CC(=O)Oc1ccc2c(cnn2C(C)=O)c1. The van der Waals surface area contributed by atoms with Gasteiger partial charge in [-0.05, 0) is 18.2 Å². The number of nitrogens with zero attached hydrogens (tertiary/aromatic N) is 2. The smallest absolute Gasteiger partial charge is 0.308 e. The van der Waals surface area contributed by atoms with Gasteiger partial charge in [0.15, 0.2) is 0 Å². The van der Waals surface area contributed by atoms with E-state index >= 15 is 0 Å². The van der Waals surface area contributed by atoms with Crippen LogP contribution >= 0.6 is 0 Å². The van der Waals surface area contributed by atoms with Crippen LogP contribution in [0.25, 0.3) is 10.9 Å². The number of carbonyl (C=O) groups excluding carboxylic acids is 2. The van der Waals surface area contributed by atoms with Crippen LogP contribution in [0.1, 0.15) is 18.6 Å². The largest absolute Gasteiger partial charge is 0.427 e. The zero-order valence-electron chi connectivity index (χ0n) is 8.93. The van der Waals surface area contributed by atoms with E-state index in [1.54, 1.807) is 24.4 Å². The first-order valence-corrected chi connectivity index (χ1v) is 4.75. The summed E-state index contributed by atoms with van der Waals surface area (Å²) in [6, 6.07) is 5.00. The highest BCUT2D eigenvalue weighted by Crippen LogP contribution is 2.20. The molecule has 0 aliphatic rings. The monoisotopic (exact) mass is 218 g/mol. The molecule has 0 fully saturated rings. The molecular formula is C11H10N2O3. The zero-order valence-corrected chi connectivity index (χ0v) is 8.93. The Morgan fingerprint density at radius 1 is 1.31 bits per heavy atom. The fraction of sp³-hybridized carbons (Fsp3) is 0.182. The van der Waals surface area contributed by atoms with Gasteiger partial charge in [0.1, 0.15) is 5.75 Å². The third kappa shape index (κ3) is 1.79. The number of rotatable bonds is 1. The maximum absolute atomic E-state index is 11.2. The van der Waals surface area contributed by atoms with Crippen LogP contribution in [-0.2, 0) is 4.79 Å². The molecule has 0 bridgehead atoms. The molecular weight excluding hydrogens is 208 g/mol. The van der Waals surface area contributed by atoms with E-state index in [4.69, 9.17) is 4.74 Å². The van der Waals surface area contributed by atoms with E-state index in [9.17, 15) is 9.59 Å². The maximum atomic E-state index is 11.2. The first-order valence-electron chi connectivity index (χ1n) is 4.75. The summed E-state index contributed by atoms with van der Waals surface area (Å²) in [4.78, 5) is 22.0. The van der Waals surface area contributed by atoms with E-state index in [0.717, 1.165) is 5.39 Å². The van der Waals surface area contributed by atoms with Crippen molar-refractivity contribution in [2.75, 3.05) is 0 Å². The van der Waals surface area contributed by atoms with Crippen LogP contribution in [0.15, 0.2) is 24.4 Å². The highest BCUT2D eigenvalue weighted by Gasteiger charge is 2.07. The van der Waals surface area contributed by atoms with Crippen LogP contribution < -0.4 is 4.74 Å². The number of fused-ring (bicyclic) bond motifs is 1. The summed E-state index contributed by atoms with van der Waals surface area (Å²) < 4.78 is 6.23. The van der Waals surface area contributed by atoms with Gasteiger partial charge in [0.05, 0.1) is 11.7 Å². The van der Waals surface area contributed by atoms with E-state index < -0.39 is 0 Å². The molecule has 0 N–H and O–H groups in total. The van der Waals surface area contributed by atoms with Crippen molar-refractivity contribution in [3.8, 4) is 5.75 Å². The Labute approximate surface area is 91.6 Å². The number of aromatic nitrogens is 2. The van der Waals surface area contributed by atoms with Gasteiger partial charge in [-0.3, -0.25) is 9.59 Å². The summed E-state index contributed by atoms with van der Waals surface area (Å²) in [7, 11) is 0. The van der Waals surface area contributed by atoms with E-state index in [2.05, 4.69) is 5.10 Å². The minimum absolute atomic E-state index is 0.157. The van der Waals surface area contributed by atoms with Crippen molar-refractivity contribution in [1.29, 1.82) is 0 Å². The molecule has 0 spiro atoms. The Bertz CT molecular complexity index is 572. The maximum Gasteiger partial charge on any atom is 0.308 e. The molecule has 0 saturated heterocycles. The molecule has 1 aromatic heterocycles. The first-order chi connectivity index (χ1) is 7.58. The standard InChI is InChI=1S/C11H10N2O3/c1-7(14)13-11-4-3-10(16-8(2)15)5-9(11)6-12-13/h3-6H,1-2H3. The summed E-state index contributed by atoms with van der Waals surface area (Å²) in [6.07, 6.45) is 1.56. The van der Waals surface area contributed by atoms with Crippen molar-refractivity contribution in [2.45, 2.75) is 13.8 Å². The van der Waals surface area contributed by atoms with Crippen molar-refractivity contribution < 1.29 is 14.3 Å². The second kappa shape index (κ2) is 3.77. The molecule has 0 saturated carbocycles. The van der Waals surface area contributed by atoms with Gasteiger partial charge in [0.2, 0.25) is 5.91 Å². The lowest BCUT2D eigenvalue weighted by Crippen LogP contribution is -2.06. The molecule has 0 radical (unpaired) electrons. The minimum atomic E-state index is -0.377. The van der Waals surface area contributed by atoms with Crippen LogP contribution in [0.5, 0.6) is 5.75 Å². The van der Waals surface area contributed by atoms with Gasteiger partial charge in [-0.15, -0.1) is 0 Å². The number of hydrogen-bond donors (Lipinski definition) is 0. The lowest BCUT2D eigenvalue weighted by molar-refractivity contribution is -0.131. The second-order valence-corrected chi connectivity index (χ2v) is 3.39. The van der Waals surface area contributed by atoms with E-state index in [0.29, 0.717) is 11.3 Å². The van der Waals surface area contributed by atoms with Crippen molar-refractivity contribution in [3.05, 3.63) is 24.4 Å². The number of carbonyl (C=O) groups is 2. The average molecular weight is 218 g/mol. The van der Waals surface area contributed by atoms with Gasteiger partial charge < -0.3 is 4.74 Å². The predicted molar refractivity (Wildman–Crippen MR) is 57.3 cm³/mol. The molecule has 1 aromatic carbocycles. The zero-order chi connectivity index (χ0) is 11.7. The third-order valence-electron chi connectivity index (χ3n) is 2.10. The Hall–Kier alpha value is -2.17. The molecule has 0 aliphatic carbocycles. The van der Waals surface area contributed by atoms with Gasteiger partial charge in [0, 0.05) is 19.2 Å². The summed E-state index contributed by atoms with van der Waals surface area (Å²) in [5.41, 5.74) is 0.698. The molecule has 82 valence electrons. The fourth-order valence-corrected chi connectivity index (χ4v) is 1.49. The number of ether oxygens (including phenoxy) is 1. The quantitative estimate of drug-likeness (QED) is 0.539. The fourth-order valence-electron chi connectivity index (χ4n) is 1.49.